The molecule has 3 aromatic rings. The van der Waals surface area contributed by atoms with Gasteiger partial charge in [0.05, 0.1) is 0 Å². The maximum absolute atomic E-state index is 12.0. The summed E-state index contributed by atoms with van der Waals surface area (Å²) in [5.41, 5.74) is 2.95. The van der Waals surface area contributed by atoms with Crippen molar-refractivity contribution in [2.24, 2.45) is 0 Å². The van der Waals surface area contributed by atoms with Crippen LogP contribution in [0.1, 0.15) is 37.6 Å². The highest BCUT2D eigenvalue weighted by Gasteiger charge is 2.14. The molecular formula is C22H22ClN3O2. The van der Waals surface area contributed by atoms with E-state index in [1.165, 1.54) is 16.3 Å². The fourth-order valence-electron chi connectivity index (χ4n) is 2.86. The summed E-state index contributed by atoms with van der Waals surface area (Å²) in [6.45, 7) is 6.80. The summed E-state index contributed by atoms with van der Waals surface area (Å²) in [6.07, 6.45) is 5.04. The van der Waals surface area contributed by atoms with Gasteiger partial charge in [-0.05, 0) is 34.7 Å². The number of benzene rings is 1. The monoisotopic (exact) mass is 395 g/mol. The molecule has 0 saturated heterocycles. The first-order valence-corrected chi connectivity index (χ1v) is 9.35. The smallest absolute Gasteiger partial charge is 0.321 e. The molecule has 2 aromatic heterocycles. The number of allylic oxidation sites excluding steroid dienone is 1. The van der Waals surface area contributed by atoms with Crippen molar-refractivity contribution in [3.05, 3.63) is 104 Å². The molecule has 0 radical (unpaired) electrons. The van der Waals surface area contributed by atoms with E-state index in [1.807, 2.05) is 18.2 Å². The zero-order valence-electron chi connectivity index (χ0n) is 16.1. The molecule has 6 heteroatoms. The predicted octanol–water partition coefficient (Wildman–Crippen LogP) is 4.01. The van der Waals surface area contributed by atoms with Gasteiger partial charge in [0.15, 0.2) is 0 Å². The van der Waals surface area contributed by atoms with Gasteiger partial charge in [0, 0.05) is 30.2 Å². The Labute approximate surface area is 168 Å². The largest absolute Gasteiger partial charge is 0.347 e. The zero-order chi connectivity index (χ0) is 20.3. The lowest BCUT2D eigenvalue weighted by Gasteiger charge is -2.19. The first-order chi connectivity index (χ1) is 13.3. The van der Waals surface area contributed by atoms with Crippen LogP contribution in [0, 0.1) is 0 Å². The minimum absolute atomic E-state index is 0.0417. The van der Waals surface area contributed by atoms with Crippen molar-refractivity contribution in [3.63, 3.8) is 0 Å². The number of nitrogens with one attached hydrogen (secondary N) is 1. The molecule has 0 aliphatic carbocycles. The van der Waals surface area contributed by atoms with Gasteiger partial charge in [-0.3, -0.25) is 9.36 Å². The summed E-state index contributed by atoms with van der Waals surface area (Å²) in [5, 5.41) is 0.134. The molecule has 0 aliphatic rings. The summed E-state index contributed by atoms with van der Waals surface area (Å²) < 4.78 is 1.50. The topological polar surface area (TPSA) is 67.8 Å². The summed E-state index contributed by atoms with van der Waals surface area (Å²) in [7, 11) is 0. The van der Waals surface area contributed by atoms with Crippen LogP contribution in [0.25, 0.3) is 5.57 Å². The van der Waals surface area contributed by atoms with Crippen LogP contribution in [0.15, 0.2) is 70.5 Å². The third-order valence-electron chi connectivity index (χ3n) is 4.49. The van der Waals surface area contributed by atoms with E-state index < -0.39 is 0 Å². The number of hydrogen-bond acceptors (Lipinski definition) is 3. The average Bonchev–Trinajstić information content (AvgIpc) is 2.66. The van der Waals surface area contributed by atoms with Crippen LogP contribution in [-0.4, -0.2) is 14.5 Å². The number of aromatic nitrogens is 3. The number of hydrogen-bond donors (Lipinski definition) is 1. The van der Waals surface area contributed by atoms with Gasteiger partial charge in [-0.2, -0.15) is 0 Å². The van der Waals surface area contributed by atoms with E-state index >= 15 is 0 Å². The average molecular weight is 396 g/mol. The lowest BCUT2D eigenvalue weighted by atomic mass is 9.86. The van der Waals surface area contributed by atoms with Crippen LogP contribution in [-0.2, 0) is 12.0 Å². The van der Waals surface area contributed by atoms with E-state index in [4.69, 9.17) is 11.6 Å². The third kappa shape index (κ3) is 4.49. The van der Waals surface area contributed by atoms with Gasteiger partial charge in [-0.1, -0.05) is 62.7 Å². The molecule has 1 aromatic carbocycles. The molecule has 144 valence electrons. The van der Waals surface area contributed by atoms with Crippen LogP contribution in [0.4, 0.5) is 0 Å². The summed E-state index contributed by atoms with van der Waals surface area (Å²) in [6, 6.07) is 13.2. The van der Waals surface area contributed by atoms with Crippen molar-refractivity contribution in [2.45, 2.75) is 32.7 Å². The third-order valence-corrected chi connectivity index (χ3v) is 4.79. The van der Waals surface area contributed by atoms with E-state index in [1.54, 1.807) is 24.4 Å². The second-order valence-electron chi connectivity index (χ2n) is 7.55. The van der Waals surface area contributed by atoms with Crippen LogP contribution in [0.3, 0.4) is 0 Å². The lowest BCUT2D eigenvalue weighted by molar-refractivity contribution is 0.590. The van der Waals surface area contributed by atoms with Crippen molar-refractivity contribution in [1.82, 2.24) is 14.5 Å². The van der Waals surface area contributed by atoms with Gasteiger partial charge in [-0.25, -0.2) is 9.78 Å². The van der Waals surface area contributed by atoms with E-state index in [0.717, 1.165) is 11.1 Å². The van der Waals surface area contributed by atoms with Crippen molar-refractivity contribution in [3.8, 4) is 0 Å². The highest BCUT2D eigenvalue weighted by Crippen LogP contribution is 2.27. The fraction of sp³-hybridized carbons (Fsp3) is 0.227. The highest BCUT2D eigenvalue weighted by atomic mass is 35.5. The Morgan fingerprint density at radius 1 is 1.14 bits per heavy atom. The number of aromatic amines is 1. The van der Waals surface area contributed by atoms with E-state index in [-0.39, 0.29) is 21.7 Å². The Kier molecular flexibility index (Phi) is 5.66. The van der Waals surface area contributed by atoms with Gasteiger partial charge in [0.25, 0.3) is 5.56 Å². The Hall–Kier alpha value is -2.92. The quantitative estimate of drug-likeness (QED) is 0.725. The molecule has 0 aliphatic heterocycles. The van der Waals surface area contributed by atoms with E-state index in [0.29, 0.717) is 12.2 Å². The van der Waals surface area contributed by atoms with E-state index in [2.05, 4.69) is 42.9 Å². The van der Waals surface area contributed by atoms with Crippen LogP contribution in [0.2, 0.25) is 5.02 Å². The van der Waals surface area contributed by atoms with Gasteiger partial charge < -0.3 is 4.98 Å². The molecule has 1 N–H and O–H groups in total. The van der Waals surface area contributed by atoms with Gasteiger partial charge >= 0.3 is 5.69 Å². The Balaban J connectivity index is 2.07. The van der Waals surface area contributed by atoms with Crippen molar-refractivity contribution in [1.29, 1.82) is 0 Å². The second-order valence-corrected chi connectivity index (χ2v) is 7.96. The molecule has 0 saturated carbocycles. The van der Waals surface area contributed by atoms with Gasteiger partial charge in [-0.15, -0.1) is 0 Å². The number of halogens is 1. The molecule has 0 amide bonds. The molecular weight excluding hydrogens is 374 g/mol. The second kappa shape index (κ2) is 7.98. The summed E-state index contributed by atoms with van der Waals surface area (Å²) >= 11 is 5.88. The van der Waals surface area contributed by atoms with Crippen molar-refractivity contribution in [2.75, 3.05) is 0 Å². The standard InChI is InChI=1S/C22H22ClN3O2/c1-22(2,3)16-7-5-15(6-8-16)17(19-10-9-18(23)20(27)25-19)11-14-26-13-4-12-24-21(26)28/h4-13H,14H2,1-3H3,(H,25,27). The van der Waals surface area contributed by atoms with Crippen LogP contribution in [0.5, 0.6) is 0 Å². The van der Waals surface area contributed by atoms with Crippen molar-refractivity contribution < 1.29 is 0 Å². The number of nitrogens with zero attached hydrogens (tertiary/aromatic N) is 2. The molecule has 0 spiro atoms. The summed E-state index contributed by atoms with van der Waals surface area (Å²) in [4.78, 5) is 30.5. The van der Waals surface area contributed by atoms with Gasteiger partial charge in [0.2, 0.25) is 0 Å². The maximum Gasteiger partial charge on any atom is 0.347 e. The molecule has 0 unspecified atom stereocenters. The van der Waals surface area contributed by atoms with Crippen LogP contribution < -0.4 is 11.2 Å². The Morgan fingerprint density at radius 2 is 1.86 bits per heavy atom. The molecule has 0 fully saturated rings. The number of H-pyrrole nitrogens is 1. The molecule has 2 heterocycles. The maximum atomic E-state index is 12.0. The lowest BCUT2D eigenvalue weighted by Crippen LogP contribution is -2.21. The number of rotatable bonds is 4. The molecule has 0 atom stereocenters. The Bertz CT molecular complexity index is 1120. The minimum Gasteiger partial charge on any atom is -0.321 e. The molecule has 0 bridgehead atoms. The predicted molar refractivity (Wildman–Crippen MR) is 113 cm³/mol. The first kappa shape index (κ1) is 19.8. The zero-order valence-corrected chi connectivity index (χ0v) is 16.8. The SMILES string of the molecule is CC(C)(C)c1ccc(C(=CCn2cccnc2=O)c2ccc(Cl)c(=O)[nH]2)cc1. The minimum atomic E-state index is -0.352. The van der Waals surface area contributed by atoms with E-state index in [9.17, 15) is 9.59 Å². The fourth-order valence-corrected chi connectivity index (χ4v) is 2.97. The molecule has 28 heavy (non-hydrogen) atoms. The van der Waals surface area contributed by atoms with Crippen LogP contribution >= 0.6 is 11.6 Å². The first-order valence-electron chi connectivity index (χ1n) is 8.97. The normalized spacial score (nSPS) is 12.2. The Morgan fingerprint density at radius 3 is 2.46 bits per heavy atom. The van der Waals surface area contributed by atoms with Crippen molar-refractivity contribution >= 4 is 17.2 Å². The summed E-state index contributed by atoms with van der Waals surface area (Å²) in [5.74, 6) is 0. The number of pyridine rings is 1. The highest BCUT2D eigenvalue weighted by molar-refractivity contribution is 6.30. The van der Waals surface area contributed by atoms with Gasteiger partial charge in [0.1, 0.15) is 5.02 Å². The molecule has 3 rings (SSSR count). The molecule has 5 nitrogen and oxygen atoms in total.